The minimum absolute atomic E-state index is 0.137. The average Bonchev–Trinajstić information content (AvgIpc) is 3.37. The molecule has 0 unspecified atom stereocenters. The Morgan fingerprint density at radius 1 is 1.35 bits per heavy atom. The molecule has 2 atom stereocenters. The number of rotatable bonds is 6. The van der Waals surface area contributed by atoms with E-state index >= 15 is 0 Å². The van der Waals surface area contributed by atoms with E-state index < -0.39 is 0 Å². The molecule has 8 heteroatoms. The minimum atomic E-state index is -0.202. The van der Waals surface area contributed by atoms with Gasteiger partial charge in [-0.2, -0.15) is 0 Å². The highest BCUT2D eigenvalue weighted by atomic mass is 32.2. The summed E-state index contributed by atoms with van der Waals surface area (Å²) >= 11 is 1.79. The summed E-state index contributed by atoms with van der Waals surface area (Å²) in [5, 5.41) is 6.24. The van der Waals surface area contributed by atoms with Gasteiger partial charge in [0, 0.05) is 25.4 Å². The lowest BCUT2D eigenvalue weighted by molar-refractivity contribution is -0.131. The molecule has 2 N–H and O–H groups in total. The monoisotopic (exact) mass is 379 g/mol. The number of nitrogens with zero attached hydrogens (tertiary/aromatic N) is 1. The standard InChI is InChI=1S/C18H25N3O4S/c1-24-13-3-4-16(25-2)14(8-13)17(22)20-10-12-7-15(19-9-12)18(23)21-5-6-26-11-21/h3-4,8,12,15,19H,5-7,9-11H2,1-2H3,(H,20,22)/t12-,15-/m0/s1. The van der Waals surface area contributed by atoms with Gasteiger partial charge in [0.05, 0.1) is 31.7 Å². The third-order valence-electron chi connectivity index (χ3n) is 4.79. The van der Waals surface area contributed by atoms with E-state index in [0.29, 0.717) is 23.6 Å². The summed E-state index contributed by atoms with van der Waals surface area (Å²) in [6.07, 6.45) is 0.746. The molecule has 0 radical (unpaired) electrons. The number of ether oxygens (including phenoxy) is 2. The zero-order valence-corrected chi connectivity index (χ0v) is 15.9. The zero-order chi connectivity index (χ0) is 18.5. The fourth-order valence-corrected chi connectivity index (χ4v) is 4.24. The number of methoxy groups -OCH3 is 2. The molecule has 2 fully saturated rings. The van der Waals surface area contributed by atoms with Gasteiger partial charge in [-0.3, -0.25) is 9.59 Å². The van der Waals surface area contributed by atoms with E-state index in [2.05, 4.69) is 10.6 Å². The predicted octanol–water partition coefficient (Wildman–Crippen LogP) is 0.945. The number of nitrogens with one attached hydrogen (secondary N) is 2. The molecule has 2 heterocycles. The molecule has 1 aromatic carbocycles. The van der Waals surface area contributed by atoms with Crippen molar-refractivity contribution in [3.05, 3.63) is 23.8 Å². The van der Waals surface area contributed by atoms with Crippen molar-refractivity contribution in [3.8, 4) is 11.5 Å². The summed E-state index contributed by atoms with van der Waals surface area (Å²) in [7, 11) is 3.09. The maximum Gasteiger partial charge on any atom is 0.255 e. The molecule has 0 aliphatic carbocycles. The van der Waals surface area contributed by atoms with Gasteiger partial charge in [0.1, 0.15) is 11.5 Å². The lowest BCUT2D eigenvalue weighted by Gasteiger charge is -2.19. The molecule has 0 spiro atoms. The number of hydrogen-bond donors (Lipinski definition) is 2. The van der Waals surface area contributed by atoms with Crippen molar-refractivity contribution in [1.82, 2.24) is 15.5 Å². The molecule has 26 heavy (non-hydrogen) atoms. The Hall–Kier alpha value is -1.93. The first-order valence-electron chi connectivity index (χ1n) is 8.72. The minimum Gasteiger partial charge on any atom is -0.497 e. The van der Waals surface area contributed by atoms with E-state index in [1.165, 1.54) is 7.11 Å². The Bertz CT molecular complexity index is 664. The molecule has 2 saturated heterocycles. The van der Waals surface area contributed by atoms with Crippen LogP contribution in [0.4, 0.5) is 0 Å². The Labute approximate surface area is 157 Å². The molecule has 1 aromatic rings. The number of amides is 2. The smallest absolute Gasteiger partial charge is 0.255 e. The van der Waals surface area contributed by atoms with Crippen LogP contribution in [-0.4, -0.2) is 68.2 Å². The summed E-state index contributed by atoms with van der Waals surface area (Å²) in [4.78, 5) is 26.9. The first-order chi connectivity index (χ1) is 12.6. The first-order valence-corrected chi connectivity index (χ1v) is 9.88. The van der Waals surface area contributed by atoms with Gasteiger partial charge in [-0.25, -0.2) is 0 Å². The Morgan fingerprint density at radius 3 is 2.88 bits per heavy atom. The summed E-state index contributed by atoms with van der Waals surface area (Å²) in [5.41, 5.74) is 0.444. The second-order valence-corrected chi connectivity index (χ2v) is 7.55. The van der Waals surface area contributed by atoms with Crippen LogP contribution in [0.25, 0.3) is 0 Å². The summed E-state index contributed by atoms with van der Waals surface area (Å²) in [6, 6.07) is 5.00. The van der Waals surface area contributed by atoms with Gasteiger partial charge in [0.15, 0.2) is 0 Å². The van der Waals surface area contributed by atoms with Gasteiger partial charge < -0.3 is 25.0 Å². The van der Waals surface area contributed by atoms with Crippen molar-refractivity contribution in [2.24, 2.45) is 5.92 Å². The van der Waals surface area contributed by atoms with E-state index in [4.69, 9.17) is 9.47 Å². The lowest BCUT2D eigenvalue weighted by Crippen LogP contribution is -2.42. The fraction of sp³-hybridized carbons (Fsp3) is 0.556. The van der Waals surface area contributed by atoms with E-state index in [1.807, 2.05) is 4.90 Å². The predicted molar refractivity (Wildman–Crippen MR) is 101 cm³/mol. The molecule has 2 aliphatic rings. The van der Waals surface area contributed by atoms with Gasteiger partial charge >= 0.3 is 0 Å². The molecular weight excluding hydrogens is 354 g/mol. The molecular formula is C18H25N3O4S. The highest BCUT2D eigenvalue weighted by Crippen LogP contribution is 2.24. The van der Waals surface area contributed by atoms with E-state index in [0.717, 1.165) is 31.1 Å². The summed E-state index contributed by atoms with van der Waals surface area (Å²) in [6.45, 7) is 2.08. The number of benzene rings is 1. The number of thioether (sulfide) groups is 1. The molecule has 2 aliphatic heterocycles. The van der Waals surface area contributed by atoms with Crippen LogP contribution in [0.3, 0.4) is 0 Å². The molecule has 0 bridgehead atoms. The van der Waals surface area contributed by atoms with Crippen LogP contribution < -0.4 is 20.1 Å². The van der Waals surface area contributed by atoms with Crippen molar-refractivity contribution in [2.75, 3.05) is 45.5 Å². The number of carbonyl (C=O) groups is 2. The van der Waals surface area contributed by atoms with Crippen molar-refractivity contribution in [2.45, 2.75) is 12.5 Å². The van der Waals surface area contributed by atoms with Gasteiger partial charge in [0.2, 0.25) is 5.91 Å². The highest BCUT2D eigenvalue weighted by molar-refractivity contribution is 7.99. The quantitative estimate of drug-likeness (QED) is 0.766. The molecule has 2 amide bonds. The molecule has 3 rings (SSSR count). The molecule has 0 saturated carbocycles. The van der Waals surface area contributed by atoms with Crippen LogP contribution in [-0.2, 0) is 4.79 Å². The normalized spacial score (nSPS) is 22.3. The van der Waals surface area contributed by atoms with E-state index in [9.17, 15) is 9.59 Å². The third kappa shape index (κ3) is 4.24. The topological polar surface area (TPSA) is 79.9 Å². The van der Waals surface area contributed by atoms with Crippen LogP contribution in [0.1, 0.15) is 16.8 Å². The third-order valence-corrected chi connectivity index (χ3v) is 5.75. The van der Waals surface area contributed by atoms with Crippen LogP contribution in [0.15, 0.2) is 18.2 Å². The maximum atomic E-state index is 12.5. The van der Waals surface area contributed by atoms with Crippen LogP contribution in [0, 0.1) is 5.92 Å². The number of carbonyl (C=O) groups excluding carboxylic acids is 2. The van der Waals surface area contributed by atoms with Crippen molar-refractivity contribution in [1.29, 1.82) is 0 Å². The van der Waals surface area contributed by atoms with Crippen molar-refractivity contribution < 1.29 is 19.1 Å². The second-order valence-electron chi connectivity index (χ2n) is 6.48. The second kappa shape index (κ2) is 8.64. The molecule has 7 nitrogen and oxygen atoms in total. The zero-order valence-electron chi connectivity index (χ0n) is 15.1. The van der Waals surface area contributed by atoms with Crippen LogP contribution in [0.5, 0.6) is 11.5 Å². The maximum absolute atomic E-state index is 12.5. The van der Waals surface area contributed by atoms with Crippen molar-refractivity contribution in [3.63, 3.8) is 0 Å². The van der Waals surface area contributed by atoms with Crippen LogP contribution >= 0.6 is 11.8 Å². The molecule has 142 valence electrons. The van der Waals surface area contributed by atoms with Gasteiger partial charge in [-0.1, -0.05) is 0 Å². The Balaban J connectivity index is 1.53. The largest absolute Gasteiger partial charge is 0.497 e. The van der Waals surface area contributed by atoms with Gasteiger partial charge in [-0.05, 0) is 30.5 Å². The fourth-order valence-electron chi connectivity index (χ4n) is 3.28. The van der Waals surface area contributed by atoms with Crippen LogP contribution in [0.2, 0.25) is 0 Å². The lowest BCUT2D eigenvalue weighted by atomic mass is 10.0. The van der Waals surface area contributed by atoms with Gasteiger partial charge in [0.25, 0.3) is 5.91 Å². The van der Waals surface area contributed by atoms with Crippen molar-refractivity contribution >= 4 is 23.6 Å². The molecule has 0 aromatic heterocycles. The van der Waals surface area contributed by atoms with Gasteiger partial charge in [-0.15, -0.1) is 11.8 Å². The number of hydrogen-bond acceptors (Lipinski definition) is 6. The Kier molecular flexibility index (Phi) is 6.26. The highest BCUT2D eigenvalue weighted by Gasteiger charge is 2.33. The summed E-state index contributed by atoms with van der Waals surface area (Å²) < 4.78 is 10.4. The Morgan fingerprint density at radius 2 is 2.19 bits per heavy atom. The average molecular weight is 379 g/mol. The first kappa shape index (κ1) is 18.8. The van der Waals surface area contributed by atoms with E-state index in [-0.39, 0.29) is 23.8 Å². The van der Waals surface area contributed by atoms with E-state index in [1.54, 1.807) is 37.1 Å². The SMILES string of the molecule is COc1ccc(OC)c(C(=O)NC[C@@H]2CN[C@H](C(=O)N3CCSC3)C2)c1. The summed E-state index contributed by atoms with van der Waals surface area (Å²) in [5.74, 6) is 3.12.